The van der Waals surface area contributed by atoms with E-state index in [1.165, 1.54) is 96.3 Å². The van der Waals surface area contributed by atoms with Crippen LogP contribution in [0.4, 0.5) is 0 Å². The lowest BCUT2D eigenvalue weighted by molar-refractivity contribution is -0.134. The van der Waals surface area contributed by atoms with Gasteiger partial charge < -0.3 is 15.5 Å². The van der Waals surface area contributed by atoms with E-state index < -0.39 is 5.97 Å². The fraction of sp³-hybridized carbons (Fsp3) is 0.840. The highest BCUT2D eigenvalue weighted by Gasteiger charge is 2.15. The minimum Gasteiger partial charge on any atom is -0.481 e. The summed E-state index contributed by atoms with van der Waals surface area (Å²) in [6.07, 6.45) is 25.8. The number of allylic oxidation sites excluding steroid dienone is 2. The number of carboxylic acid groups (broad SMARTS) is 1. The van der Waals surface area contributed by atoms with Gasteiger partial charge in [-0.05, 0) is 32.1 Å². The smallest absolute Gasteiger partial charge is 0.300 e. The molecule has 176 valence electrons. The fourth-order valence-electron chi connectivity index (χ4n) is 3.60. The Labute approximate surface area is 185 Å². The SMILES string of the molecule is CC(=O)O.CCCCCCCC/C=C\CCCCCCCCC1CNC(CCO)=N1. The molecular weight excluding hydrogens is 376 g/mol. The number of aliphatic hydroxyl groups is 1. The Bertz CT molecular complexity index is 446. The summed E-state index contributed by atoms with van der Waals surface area (Å²) < 4.78 is 0. The number of aliphatic imine (C=N–C) groups is 1. The molecular formula is C25H48N2O3. The molecule has 0 saturated carbocycles. The second-order valence-corrected chi connectivity index (χ2v) is 8.33. The number of amidine groups is 1. The molecule has 0 saturated heterocycles. The average Bonchev–Trinajstić information content (AvgIpc) is 3.15. The van der Waals surface area contributed by atoms with Crippen LogP contribution in [0.3, 0.4) is 0 Å². The molecule has 0 bridgehead atoms. The second kappa shape index (κ2) is 22.3. The van der Waals surface area contributed by atoms with Crippen molar-refractivity contribution in [3.63, 3.8) is 0 Å². The molecule has 1 heterocycles. The maximum atomic E-state index is 9.00. The zero-order valence-corrected chi connectivity index (χ0v) is 19.7. The van der Waals surface area contributed by atoms with E-state index in [0.29, 0.717) is 12.5 Å². The first-order chi connectivity index (χ1) is 14.6. The van der Waals surface area contributed by atoms with Crippen molar-refractivity contribution >= 4 is 11.8 Å². The van der Waals surface area contributed by atoms with Crippen molar-refractivity contribution in [1.29, 1.82) is 0 Å². The van der Waals surface area contributed by atoms with Gasteiger partial charge in [-0.1, -0.05) is 83.3 Å². The van der Waals surface area contributed by atoms with E-state index in [1.807, 2.05) is 0 Å². The van der Waals surface area contributed by atoms with Crippen molar-refractivity contribution in [1.82, 2.24) is 5.32 Å². The van der Waals surface area contributed by atoms with E-state index in [0.717, 1.165) is 19.3 Å². The summed E-state index contributed by atoms with van der Waals surface area (Å²) in [7, 11) is 0. The van der Waals surface area contributed by atoms with Crippen molar-refractivity contribution in [3.05, 3.63) is 12.2 Å². The summed E-state index contributed by atoms with van der Waals surface area (Å²) in [6.45, 7) is 4.54. The van der Waals surface area contributed by atoms with Gasteiger partial charge in [0.2, 0.25) is 0 Å². The number of carboxylic acids is 1. The Balaban J connectivity index is 0.00000192. The van der Waals surface area contributed by atoms with Gasteiger partial charge >= 0.3 is 0 Å². The molecule has 3 N–H and O–H groups in total. The maximum Gasteiger partial charge on any atom is 0.300 e. The van der Waals surface area contributed by atoms with Gasteiger partial charge in [-0.3, -0.25) is 9.79 Å². The Hall–Kier alpha value is -1.36. The molecule has 1 unspecified atom stereocenters. The standard InChI is InChI=1S/C23H44N2O.C2H4O2/c1-2-3-4-5-6-7-8-9-10-11-12-13-14-15-16-17-18-22-21-24-23(25-22)19-20-26;1-2(3)4/h9-10,22,26H,2-8,11-21H2,1H3,(H,24,25);1H3,(H,3,4)/b10-9-;. The monoisotopic (exact) mass is 424 g/mol. The minimum absolute atomic E-state index is 0.201. The number of aliphatic hydroxyl groups excluding tert-OH is 1. The van der Waals surface area contributed by atoms with Gasteiger partial charge in [0.15, 0.2) is 0 Å². The second-order valence-electron chi connectivity index (χ2n) is 8.33. The van der Waals surface area contributed by atoms with Gasteiger partial charge in [-0.25, -0.2) is 0 Å². The van der Waals surface area contributed by atoms with Crippen LogP contribution in [0.2, 0.25) is 0 Å². The zero-order valence-electron chi connectivity index (χ0n) is 19.7. The van der Waals surface area contributed by atoms with Gasteiger partial charge in [-0.15, -0.1) is 0 Å². The number of nitrogens with zero attached hydrogens (tertiary/aromatic N) is 1. The minimum atomic E-state index is -0.833. The molecule has 0 fully saturated rings. The van der Waals surface area contributed by atoms with Crippen LogP contribution in [-0.2, 0) is 4.79 Å². The summed E-state index contributed by atoms with van der Waals surface area (Å²) >= 11 is 0. The molecule has 30 heavy (non-hydrogen) atoms. The Morgan fingerprint density at radius 3 is 2.00 bits per heavy atom. The predicted molar refractivity (Wildman–Crippen MR) is 128 cm³/mol. The van der Waals surface area contributed by atoms with Crippen LogP contribution in [0.25, 0.3) is 0 Å². The van der Waals surface area contributed by atoms with E-state index in [2.05, 4.69) is 29.4 Å². The third kappa shape index (κ3) is 21.4. The molecule has 0 aliphatic carbocycles. The summed E-state index contributed by atoms with van der Waals surface area (Å²) in [5.74, 6) is 0.169. The van der Waals surface area contributed by atoms with Gasteiger partial charge in [0.25, 0.3) is 5.97 Å². The lowest BCUT2D eigenvalue weighted by Gasteiger charge is -2.05. The first kappa shape index (κ1) is 28.6. The summed E-state index contributed by atoms with van der Waals surface area (Å²) in [4.78, 5) is 13.6. The summed E-state index contributed by atoms with van der Waals surface area (Å²) in [5, 5.41) is 19.6. The van der Waals surface area contributed by atoms with Crippen LogP contribution < -0.4 is 5.32 Å². The van der Waals surface area contributed by atoms with Crippen LogP contribution in [0.1, 0.15) is 117 Å². The average molecular weight is 425 g/mol. The molecule has 1 aliphatic heterocycles. The highest BCUT2D eigenvalue weighted by atomic mass is 16.4. The highest BCUT2D eigenvalue weighted by molar-refractivity contribution is 5.83. The summed E-state index contributed by atoms with van der Waals surface area (Å²) in [5.41, 5.74) is 0. The van der Waals surface area contributed by atoms with E-state index in [1.54, 1.807) is 0 Å². The number of unbranched alkanes of at least 4 members (excludes halogenated alkanes) is 12. The normalized spacial score (nSPS) is 15.6. The molecule has 5 nitrogen and oxygen atoms in total. The van der Waals surface area contributed by atoms with Crippen molar-refractivity contribution in [2.24, 2.45) is 4.99 Å². The van der Waals surface area contributed by atoms with Gasteiger partial charge in [0, 0.05) is 19.9 Å². The quantitative estimate of drug-likeness (QED) is 0.179. The van der Waals surface area contributed by atoms with Crippen molar-refractivity contribution < 1.29 is 15.0 Å². The molecule has 0 aromatic rings. The lowest BCUT2D eigenvalue weighted by atomic mass is 10.1. The molecule has 0 amide bonds. The number of hydrogen-bond donors (Lipinski definition) is 3. The van der Waals surface area contributed by atoms with E-state index in [9.17, 15) is 0 Å². The highest BCUT2D eigenvalue weighted by Crippen LogP contribution is 2.14. The molecule has 1 aliphatic rings. The lowest BCUT2D eigenvalue weighted by Crippen LogP contribution is -2.21. The topological polar surface area (TPSA) is 81.9 Å². The number of carbonyl (C=O) groups is 1. The van der Waals surface area contributed by atoms with Gasteiger partial charge in [0.05, 0.1) is 18.5 Å². The molecule has 0 aromatic carbocycles. The van der Waals surface area contributed by atoms with Gasteiger partial charge in [0.1, 0.15) is 0 Å². The Kier molecular flexibility index (Phi) is 21.3. The third-order valence-corrected chi connectivity index (χ3v) is 5.28. The predicted octanol–water partition coefficient (Wildman–Crippen LogP) is 6.26. The molecule has 5 heteroatoms. The van der Waals surface area contributed by atoms with Crippen LogP contribution in [-0.4, -0.2) is 41.2 Å². The Morgan fingerprint density at radius 1 is 0.967 bits per heavy atom. The maximum absolute atomic E-state index is 9.00. The first-order valence-corrected chi connectivity index (χ1v) is 12.4. The third-order valence-electron chi connectivity index (χ3n) is 5.28. The number of nitrogens with one attached hydrogen (secondary N) is 1. The molecule has 0 aromatic heterocycles. The van der Waals surface area contributed by atoms with E-state index in [4.69, 9.17) is 15.0 Å². The van der Waals surface area contributed by atoms with E-state index >= 15 is 0 Å². The van der Waals surface area contributed by atoms with Gasteiger partial charge in [-0.2, -0.15) is 0 Å². The zero-order chi connectivity index (χ0) is 22.3. The van der Waals surface area contributed by atoms with Crippen molar-refractivity contribution in [3.8, 4) is 0 Å². The van der Waals surface area contributed by atoms with Crippen LogP contribution in [0.15, 0.2) is 17.1 Å². The first-order valence-electron chi connectivity index (χ1n) is 12.4. The Morgan fingerprint density at radius 2 is 1.47 bits per heavy atom. The van der Waals surface area contributed by atoms with Crippen LogP contribution in [0.5, 0.6) is 0 Å². The molecule has 1 atom stereocenters. The molecule has 1 rings (SSSR count). The molecule has 0 spiro atoms. The number of aliphatic carboxylic acids is 1. The summed E-state index contributed by atoms with van der Waals surface area (Å²) in [6, 6.07) is 0.452. The van der Waals surface area contributed by atoms with Crippen LogP contribution in [0, 0.1) is 0 Å². The number of rotatable bonds is 18. The van der Waals surface area contributed by atoms with Crippen molar-refractivity contribution in [2.75, 3.05) is 13.2 Å². The van der Waals surface area contributed by atoms with Crippen molar-refractivity contribution in [2.45, 2.75) is 123 Å². The fourth-order valence-corrected chi connectivity index (χ4v) is 3.60. The number of hydrogen-bond acceptors (Lipinski definition) is 4. The molecule has 0 radical (unpaired) electrons. The van der Waals surface area contributed by atoms with E-state index in [-0.39, 0.29) is 6.61 Å². The van der Waals surface area contributed by atoms with Crippen LogP contribution >= 0.6 is 0 Å². The largest absolute Gasteiger partial charge is 0.481 e.